The van der Waals surface area contributed by atoms with Crippen LogP contribution < -0.4 is 0 Å². The number of nitrogens with zero attached hydrogens (tertiary/aromatic N) is 1. The first-order chi connectivity index (χ1) is 13.3. The third-order valence-corrected chi connectivity index (χ3v) is 6.25. The second kappa shape index (κ2) is 8.72. The number of rotatable bonds is 5. The Morgan fingerprint density at radius 3 is 2.25 bits per heavy atom. The predicted octanol–water partition coefficient (Wildman–Crippen LogP) is 5.87. The van der Waals surface area contributed by atoms with Crippen LogP contribution in [-0.4, -0.2) is 25.1 Å². The van der Waals surface area contributed by atoms with Crippen LogP contribution in [0.15, 0.2) is 78.4 Å². The minimum Gasteiger partial charge on any atom is -0.267 e. The van der Waals surface area contributed by atoms with Crippen molar-refractivity contribution in [3.63, 3.8) is 0 Å². The van der Waals surface area contributed by atoms with E-state index in [4.69, 9.17) is 4.84 Å². The Morgan fingerprint density at radius 1 is 1.04 bits per heavy atom. The van der Waals surface area contributed by atoms with Crippen molar-refractivity contribution >= 4 is 20.1 Å². The Balaban J connectivity index is 1.87. The SMILES string of the molecule is C[C@@H]1C(C[Si](C)(C)C)=C[C@H](c2ccccc2)ON1C(=O)/C=C/c1ccccc1. The molecule has 2 atom stereocenters. The highest BCUT2D eigenvalue weighted by Crippen LogP contribution is 2.34. The highest BCUT2D eigenvalue weighted by molar-refractivity contribution is 6.76. The quantitative estimate of drug-likeness (QED) is 0.362. The van der Waals surface area contributed by atoms with Crippen molar-refractivity contribution in [2.24, 2.45) is 0 Å². The zero-order chi connectivity index (χ0) is 20.1. The first-order valence-corrected chi connectivity index (χ1v) is 13.5. The average molecular weight is 392 g/mol. The molecule has 0 saturated carbocycles. The van der Waals surface area contributed by atoms with Gasteiger partial charge < -0.3 is 0 Å². The Bertz CT molecular complexity index is 853. The van der Waals surface area contributed by atoms with Gasteiger partial charge in [-0.3, -0.25) is 9.63 Å². The summed E-state index contributed by atoms with van der Waals surface area (Å²) in [6.45, 7) is 9.13. The van der Waals surface area contributed by atoms with Gasteiger partial charge in [-0.25, -0.2) is 5.06 Å². The van der Waals surface area contributed by atoms with Crippen molar-refractivity contribution < 1.29 is 9.63 Å². The number of carbonyl (C=O) groups is 1. The normalized spacial score (nSPS) is 20.3. The smallest absolute Gasteiger partial charge is 0.267 e. The molecular formula is C24H29NO2Si. The second-order valence-electron chi connectivity index (χ2n) is 8.50. The van der Waals surface area contributed by atoms with Crippen molar-refractivity contribution in [2.75, 3.05) is 0 Å². The summed E-state index contributed by atoms with van der Waals surface area (Å²) in [6.07, 6.45) is 5.42. The van der Waals surface area contributed by atoms with Gasteiger partial charge in [0, 0.05) is 14.1 Å². The van der Waals surface area contributed by atoms with Crippen LogP contribution in [0.2, 0.25) is 25.7 Å². The number of hydrogen-bond donors (Lipinski definition) is 0. The number of hydroxylamine groups is 2. The molecule has 1 heterocycles. The van der Waals surface area contributed by atoms with Crippen molar-refractivity contribution in [2.45, 2.75) is 44.8 Å². The van der Waals surface area contributed by atoms with Crippen molar-refractivity contribution in [1.82, 2.24) is 5.06 Å². The molecule has 3 nitrogen and oxygen atoms in total. The van der Waals surface area contributed by atoms with Gasteiger partial charge in [-0.2, -0.15) is 0 Å². The fourth-order valence-electron chi connectivity index (χ4n) is 3.40. The van der Waals surface area contributed by atoms with E-state index in [-0.39, 0.29) is 18.1 Å². The summed E-state index contributed by atoms with van der Waals surface area (Å²) in [6, 6.07) is 20.9. The van der Waals surface area contributed by atoms with E-state index in [0.29, 0.717) is 0 Å². The molecule has 0 spiro atoms. The first kappa shape index (κ1) is 20.3. The molecule has 0 aromatic heterocycles. The van der Waals surface area contributed by atoms with Crippen LogP contribution in [0.5, 0.6) is 0 Å². The molecule has 146 valence electrons. The standard InChI is InChI=1S/C24H29NO2Si/c1-19-22(18-28(2,3)4)17-23(21-13-9-6-10-14-21)27-25(19)24(26)16-15-20-11-7-5-8-12-20/h5-17,19,23H,18H2,1-4H3/b16-15+/t19-,23-/m1/s1. The van der Waals surface area contributed by atoms with Crippen LogP contribution in [0.1, 0.15) is 24.2 Å². The Kier molecular flexibility index (Phi) is 6.32. The lowest BCUT2D eigenvalue weighted by Gasteiger charge is -2.38. The molecule has 1 amide bonds. The van der Waals surface area contributed by atoms with Gasteiger partial charge in [-0.1, -0.05) is 80.3 Å². The maximum absolute atomic E-state index is 13.0. The fourth-order valence-corrected chi connectivity index (χ4v) is 5.03. The van der Waals surface area contributed by atoms with Crippen LogP contribution in [-0.2, 0) is 9.63 Å². The highest BCUT2D eigenvalue weighted by Gasteiger charge is 2.33. The number of hydrogen-bond acceptors (Lipinski definition) is 2. The van der Waals surface area contributed by atoms with E-state index in [1.165, 1.54) is 5.57 Å². The molecule has 3 rings (SSSR count). The molecule has 28 heavy (non-hydrogen) atoms. The fraction of sp³-hybridized carbons (Fsp3) is 0.292. The molecule has 0 bridgehead atoms. The molecule has 0 saturated heterocycles. The summed E-state index contributed by atoms with van der Waals surface area (Å²) in [7, 11) is -1.33. The van der Waals surface area contributed by atoms with Crippen LogP contribution in [0.25, 0.3) is 6.08 Å². The van der Waals surface area contributed by atoms with Crippen molar-refractivity contribution in [3.05, 3.63) is 89.5 Å². The molecule has 1 aliphatic heterocycles. The number of carbonyl (C=O) groups excluding carboxylic acids is 1. The molecule has 0 fully saturated rings. The van der Waals surface area contributed by atoms with Crippen LogP contribution in [0, 0.1) is 0 Å². The van der Waals surface area contributed by atoms with Gasteiger partial charge >= 0.3 is 0 Å². The van der Waals surface area contributed by atoms with E-state index >= 15 is 0 Å². The predicted molar refractivity (Wildman–Crippen MR) is 118 cm³/mol. The maximum Gasteiger partial charge on any atom is 0.270 e. The molecule has 0 aliphatic carbocycles. The zero-order valence-electron chi connectivity index (χ0n) is 17.1. The summed E-state index contributed by atoms with van der Waals surface area (Å²) < 4.78 is 0. The molecule has 1 aliphatic rings. The van der Waals surface area contributed by atoms with Crippen molar-refractivity contribution in [1.29, 1.82) is 0 Å². The molecule has 0 N–H and O–H groups in total. The van der Waals surface area contributed by atoms with E-state index < -0.39 is 8.07 Å². The van der Waals surface area contributed by atoms with Gasteiger partial charge in [0.1, 0.15) is 6.10 Å². The van der Waals surface area contributed by atoms with Gasteiger partial charge in [-0.05, 0) is 41.8 Å². The van der Waals surface area contributed by atoms with E-state index in [0.717, 1.165) is 17.2 Å². The highest BCUT2D eigenvalue weighted by atomic mass is 28.3. The third kappa shape index (κ3) is 5.30. The molecule has 2 aromatic rings. The molecule has 0 radical (unpaired) electrons. The topological polar surface area (TPSA) is 29.5 Å². The third-order valence-electron chi connectivity index (χ3n) is 4.78. The summed E-state index contributed by atoms with van der Waals surface area (Å²) >= 11 is 0. The molecule has 4 heteroatoms. The summed E-state index contributed by atoms with van der Waals surface area (Å²) in [4.78, 5) is 19.1. The number of amides is 1. The van der Waals surface area contributed by atoms with E-state index in [1.54, 1.807) is 11.1 Å². The lowest BCUT2D eigenvalue weighted by Crippen LogP contribution is -2.43. The van der Waals surface area contributed by atoms with Crippen LogP contribution in [0.4, 0.5) is 0 Å². The van der Waals surface area contributed by atoms with E-state index in [9.17, 15) is 4.79 Å². The Hall–Kier alpha value is -2.43. The zero-order valence-corrected chi connectivity index (χ0v) is 18.1. The Labute approximate surface area is 169 Å². The van der Waals surface area contributed by atoms with Crippen molar-refractivity contribution in [3.8, 4) is 0 Å². The number of benzene rings is 2. The minimum absolute atomic E-state index is 0.0698. The van der Waals surface area contributed by atoms with Gasteiger partial charge in [0.05, 0.1) is 6.04 Å². The van der Waals surface area contributed by atoms with Crippen LogP contribution in [0.3, 0.4) is 0 Å². The van der Waals surface area contributed by atoms with Gasteiger partial charge in [0.25, 0.3) is 5.91 Å². The second-order valence-corrected chi connectivity index (χ2v) is 14.0. The Morgan fingerprint density at radius 2 is 1.64 bits per heavy atom. The molecular weight excluding hydrogens is 362 g/mol. The minimum atomic E-state index is -1.33. The molecule has 2 aromatic carbocycles. The van der Waals surface area contributed by atoms with E-state index in [1.807, 2.05) is 66.7 Å². The first-order valence-electron chi connectivity index (χ1n) is 9.82. The largest absolute Gasteiger partial charge is 0.270 e. The van der Waals surface area contributed by atoms with Gasteiger partial charge in [0.2, 0.25) is 0 Å². The van der Waals surface area contributed by atoms with Gasteiger partial charge in [0.15, 0.2) is 0 Å². The van der Waals surface area contributed by atoms with Crippen LogP contribution >= 0.6 is 0 Å². The maximum atomic E-state index is 13.0. The lowest BCUT2D eigenvalue weighted by atomic mass is 10.0. The van der Waals surface area contributed by atoms with E-state index in [2.05, 4.69) is 32.6 Å². The summed E-state index contributed by atoms with van der Waals surface area (Å²) in [5.74, 6) is -0.126. The summed E-state index contributed by atoms with van der Waals surface area (Å²) in [5, 5.41) is 1.55. The average Bonchev–Trinajstić information content (AvgIpc) is 2.68. The van der Waals surface area contributed by atoms with Gasteiger partial charge in [-0.15, -0.1) is 0 Å². The summed E-state index contributed by atoms with van der Waals surface area (Å²) in [5.41, 5.74) is 3.35. The monoisotopic (exact) mass is 391 g/mol. The lowest BCUT2D eigenvalue weighted by molar-refractivity contribution is -0.209. The molecule has 0 unspecified atom stereocenters.